The topological polar surface area (TPSA) is 67.2 Å². The molecule has 8 heteroatoms. The van der Waals surface area contributed by atoms with Gasteiger partial charge >= 0.3 is 6.18 Å². The van der Waals surface area contributed by atoms with E-state index >= 15 is 0 Å². The summed E-state index contributed by atoms with van der Waals surface area (Å²) in [4.78, 5) is 2.45. The molecule has 5 nitrogen and oxygen atoms in total. The minimum atomic E-state index is -4.56. The molecular formula is C7H10F3N3O2. The highest BCUT2D eigenvalue weighted by molar-refractivity contribution is 4.82. The van der Waals surface area contributed by atoms with Crippen molar-refractivity contribution in [2.24, 2.45) is 5.11 Å². The predicted octanol–water partition coefficient (Wildman–Crippen LogP) is 2.38. The molecule has 1 aliphatic heterocycles. The van der Waals surface area contributed by atoms with Crippen LogP contribution in [0.4, 0.5) is 13.2 Å². The van der Waals surface area contributed by atoms with Crippen molar-refractivity contribution in [1.29, 1.82) is 0 Å². The third-order valence-corrected chi connectivity index (χ3v) is 2.01. The van der Waals surface area contributed by atoms with Crippen LogP contribution in [0.3, 0.4) is 0 Å². The summed E-state index contributed by atoms with van der Waals surface area (Å²) in [5.74, 6) is -2.50. The number of ether oxygens (including phenoxy) is 2. The molecule has 0 aromatic heterocycles. The summed E-state index contributed by atoms with van der Waals surface area (Å²) in [6, 6.07) is 0. The first-order chi connectivity index (χ1) is 7.02. The van der Waals surface area contributed by atoms with Crippen LogP contribution in [0.2, 0.25) is 0 Å². The van der Waals surface area contributed by atoms with E-state index in [4.69, 9.17) is 5.53 Å². The Morgan fingerprint density at radius 2 is 1.93 bits per heavy atom. The van der Waals surface area contributed by atoms with Crippen LogP contribution in [0.5, 0.6) is 0 Å². The van der Waals surface area contributed by atoms with Crippen molar-refractivity contribution >= 4 is 0 Å². The molecule has 15 heavy (non-hydrogen) atoms. The minimum absolute atomic E-state index is 0.00104. The van der Waals surface area contributed by atoms with Gasteiger partial charge in [0.05, 0.1) is 13.2 Å². The molecular weight excluding hydrogens is 215 g/mol. The summed E-state index contributed by atoms with van der Waals surface area (Å²) >= 11 is 0. The Bertz CT molecular complexity index is 257. The second-order valence-corrected chi connectivity index (χ2v) is 3.01. The zero-order valence-electron chi connectivity index (χ0n) is 7.83. The summed E-state index contributed by atoms with van der Waals surface area (Å²) in [5, 5.41) is 3.15. The van der Waals surface area contributed by atoms with Gasteiger partial charge in [-0.15, -0.1) is 0 Å². The van der Waals surface area contributed by atoms with E-state index in [1.54, 1.807) is 0 Å². The second-order valence-electron chi connectivity index (χ2n) is 3.01. The third kappa shape index (κ3) is 2.74. The highest BCUT2D eigenvalue weighted by atomic mass is 19.4. The van der Waals surface area contributed by atoms with E-state index in [2.05, 4.69) is 19.5 Å². The van der Waals surface area contributed by atoms with E-state index in [0.717, 1.165) is 0 Å². The van der Waals surface area contributed by atoms with Gasteiger partial charge in [0.25, 0.3) is 5.79 Å². The number of azide groups is 1. The number of hydrogen-bond acceptors (Lipinski definition) is 3. The SMILES string of the molecule is [N-]=[N+]=NCCCC1(C(F)(F)F)OCCO1. The summed E-state index contributed by atoms with van der Waals surface area (Å²) in [6.45, 7) is -0.136. The molecule has 0 radical (unpaired) electrons. The van der Waals surface area contributed by atoms with Crippen LogP contribution in [0, 0.1) is 0 Å². The zero-order chi connectivity index (χ0) is 11.4. The Hall–Kier alpha value is -0.980. The number of rotatable bonds is 4. The van der Waals surface area contributed by atoms with Crippen molar-refractivity contribution in [3.05, 3.63) is 10.4 Å². The smallest absolute Gasteiger partial charge is 0.340 e. The van der Waals surface area contributed by atoms with E-state index in [0.29, 0.717) is 0 Å². The molecule has 0 spiro atoms. The molecule has 86 valence electrons. The Kier molecular flexibility index (Phi) is 3.78. The highest BCUT2D eigenvalue weighted by Crippen LogP contribution is 2.40. The summed E-state index contributed by atoms with van der Waals surface area (Å²) in [6.07, 6.45) is -4.83. The second kappa shape index (κ2) is 4.69. The average molecular weight is 225 g/mol. The van der Waals surface area contributed by atoms with E-state index in [-0.39, 0.29) is 32.6 Å². The van der Waals surface area contributed by atoms with Gasteiger partial charge in [0.1, 0.15) is 0 Å². The van der Waals surface area contributed by atoms with Crippen molar-refractivity contribution in [3.8, 4) is 0 Å². The van der Waals surface area contributed by atoms with Crippen LogP contribution < -0.4 is 0 Å². The Labute approximate surface area is 83.8 Å². The molecule has 1 rings (SSSR count). The van der Waals surface area contributed by atoms with Crippen LogP contribution >= 0.6 is 0 Å². The summed E-state index contributed by atoms with van der Waals surface area (Å²) in [5.41, 5.74) is 7.96. The molecule has 1 saturated heterocycles. The van der Waals surface area contributed by atoms with Crippen LogP contribution in [0.25, 0.3) is 10.4 Å². The lowest BCUT2D eigenvalue weighted by Crippen LogP contribution is -2.46. The maximum absolute atomic E-state index is 12.6. The first kappa shape index (κ1) is 12.1. The van der Waals surface area contributed by atoms with E-state index in [9.17, 15) is 13.2 Å². The first-order valence-electron chi connectivity index (χ1n) is 4.37. The van der Waals surface area contributed by atoms with Crippen LogP contribution in [0.1, 0.15) is 12.8 Å². The Balaban J connectivity index is 2.54. The van der Waals surface area contributed by atoms with E-state index in [1.807, 2.05) is 0 Å². The number of hydrogen-bond donors (Lipinski definition) is 0. The molecule has 1 aliphatic rings. The molecule has 0 aliphatic carbocycles. The third-order valence-electron chi connectivity index (χ3n) is 2.01. The molecule has 0 saturated carbocycles. The van der Waals surface area contributed by atoms with Gasteiger partial charge in [-0.2, -0.15) is 13.2 Å². The van der Waals surface area contributed by atoms with Crippen LogP contribution in [0.15, 0.2) is 5.11 Å². The lowest BCUT2D eigenvalue weighted by molar-refractivity contribution is -0.345. The molecule has 1 fully saturated rings. The molecule has 1 heterocycles. The maximum Gasteiger partial charge on any atom is 0.443 e. The van der Waals surface area contributed by atoms with Crippen LogP contribution in [-0.2, 0) is 9.47 Å². The summed E-state index contributed by atoms with van der Waals surface area (Å²) < 4.78 is 46.9. The van der Waals surface area contributed by atoms with Crippen LogP contribution in [-0.4, -0.2) is 31.7 Å². The average Bonchev–Trinajstić information content (AvgIpc) is 2.61. The van der Waals surface area contributed by atoms with Gasteiger partial charge in [0, 0.05) is 17.9 Å². The Morgan fingerprint density at radius 1 is 1.33 bits per heavy atom. The normalized spacial score (nSPS) is 19.9. The first-order valence-corrected chi connectivity index (χ1v) is 4.37. The van der Waals surface area contributed by atoms with Crippen molar-refractivity contribution in [1.82, 2.24) is 0 Å². The van der Waals surface area contributed by atoms with E-state index < -0.39 is 12.0 Å². The zero-order valence-corrected chi connectivity index (χ0v) is 7.83. The van der Waals surface area contributed by atoms with Crippen molar-refractivity contribution in [2.45, 2.75) is 24.8 Å². The fourth-order valence-electron chi connectivity index (χ4n) is 1.33. The van der Waals surface area contributed by atoms with Gasteiger partial charge < -0.3 is 9.47 Å². The molecule has 0 amide bonds. The van der Waals surface area contributed by atoms with Gasteiger partial charge in [0.15, 0.2) is 0 Å². The lowest BCUT2D eigenvalue weighted by Gasteiger charge is -2.29. The van der Waals surface area contributed by atoms with Gasteiger partial charge in [-0.25, -0.2) is 0 Å². The molecule has 0 aromatic carbocycles. The number of alkyl halides is 3. The monoisotopic (exact) mass is 225 g/mol. The molecule has 0 aromatic rings. The van der Waals surface area contributed by atoms with Gasteiger partial charge in [-0.1, -0.05) is 5.11 Å². The van der Waals surface area contributed by atoms with Crippen molar-refractivity contribution in [2.75, 3.05) is 19.8 Å². The molecule has 0 atom stereocenters. The van der Waals surface area contributed by atoms with Gasteiger partial charge in [-0.05, 0) is 12.0 Å². The molecule has 0 unspecified atom stereocenters. The number of nitrogens with zero attached hydrogens (tertiary/aromatic N) is 3. The lowest BCUT2D eigenvalue weighted by atomic mass is 10.1. The fraction of sp³-hybridized carbons (Fsp3) is 1.00. The quantitative estimate of drug-likeness (QED) is 0.319. The summed E-state index contributed by atoms with van der Waals surface area (Å²) in [7, 11) is 0. The van der Waals surface area contributed by atoms with E-state index in [1.165, 1.54) is 0 Å². The maximum atomic E-state index is 12.6. The van der Waals surface area contributed by atoms with Gasteiger partial charge in [0.2, 0.25) is 0 Å². The fourth-order valence-corrected chi connectivity index (χ4v) is 1.33. The predicted molar refractivity (Wildman–Crippen MR) is 43.9 cm³/mol. The molecule has 0 N–H and O–H groups in total. The number of halogens is 3. The largest absolute Gasteiger partial charge is 0.443 e. The standard InChI is InChI=1S/C7H10F3N3O2/c8-7(9,10)6(14-4-5-15-6)2-1-3-12-13-11/h1-5H2. The van der Waals surface area contributed by atoms with Gasteiger partial charge in [-0.3, -0.25) is 0 Å². The molecule has 0 bridgehead atoms. The van der Waals surface area contributed by atoms with Crippen molar-refractivity contribution in [3.63, 3.8) is 0 Å². The van der Waals surface area contributed by atoms with Crippen molar-refractivity contribution < 1.29 is 22.6 Å². The Morgan fingerprint density at radius 3 is 2.40 bits per heavy atom. The highest BCUT2D eigenvalue weighted by Gasteiger charge is 2.59. The minimum Gasteiger partial charge on any atom is -0.340 e.